The maximum atomic E-state index is 12.1. The molecule has 7 heteroatoms. The second kappa shape index (κ2) is 9.58. The van der Waals surface area contributed by atoms with E-state index in [2.05, 4.69) is 25.7 Å². The number of carbonyl (C=O) groups excluding carboxylic acids is 1. The van der Waals surface area contributed by atoms with Crippen molar-refractivity contribution in [3.8, 4) is 5.75 Å². The number of para-hydroxylation sites is 1. The van der Waals surface area contributed by atoms with Crippen molar-refractivity contribution in [2.45, 2.75) is 6.42 Å². The SMILES string of the molecule is COc1ccccc1CCNC(=O)c1ccc(NCCN(C)C)nn1. The number of hydrogen-bond donors (Lipinski definition) is 2. The van der Waals surface area contributed by atoms with Crippen LogP contribution >= 0.6 is 0 Å². The van der Waals surface area contributed by atoms with Crippen LogP contribution in [0.25, 0.3) is 0 Å². The van der Waals surface area contributed by atoms with Gasteiger partial charge < -0.3 is 20.3 Å². The molecule has 0 aliphatic carbocycles. The number of benzene rings is 1. The van der Waals surface area contributed by atoms with Crippen molar-refractivity contribution >= 4 is 11.7 Å². The van der Waals surface area contributed by atoms with Crippen LogP contribution in [0.15, 0.2) is 36.4 Å². The zero-order valence-corrected chi connectivity index (χ0v) is 15.0. The standard InChI is InChI=1S/C18H25N5O2/c1-23(2)13-12-19-17-9-8-15(21-22-17)18(24)20-11-10-14-6-4-5-7-16(14)25-3/h4-9H,10-13H2,1-3H3,(H,19,22)(H,20,24). The average molecular weight is 343 g/mol. The maximum absolute atomic E-state index is 12.1. The third kappa shape index (κ3) is 6.04. The molecule has 25 heavy (non-hydrogen) atoms. The molecule has 0 bridgehead atoms. The summed E-state index contributed by atoms with van der Waals surface area (Å²) < 4.78 is 5.30. The third-order valence-corrected chi connectivity index (χ3v) is 3.63. The number of nitrogens with zero attached hydrogens (tertiary/aromatic N) is 3. The summed E-state index contributed by atoms with van der Waals surface area (Å²) >= 11 is 0. The highest BCUT2D eigenvalue weighted by atomic mass is 16.5. The number of amides is 1. The molecule has 0 aliphatic heterocycles. The van der Waals surface area contributed by atoms with Crippen molar-refractivity contribution in [2.75, 3.05) is 46.2 Å². The highest BCUT2D eigenvalue weighted by Gasteiger charge is 2.08. The largest absolute Gasteiger partial charge is 0.496 e. The molecule has 1 aromatic heterocycles. The Morgan fingerprint density at radius 3 is 2.60 bits per heavy atom. The van der Waals surface area contributed by atoms with Crippen LogP contribution in [0.1, 0.15) is 16.1 Å². The van der Waals surface area contributed by atoms with Gasteiger partial charge in [-0.1, -0.05) is 18.2 Å². The van der Waals surface area contributed by atoms with Gasteiger partial charge in [0.25, 0.3) is 5.91 Å². The lowest BCUT2D eigenvalue weighted by Crippen LogP contribution is -2.27. The number of hydrogen-bond acceptors (Lipinski definition) is 6. The predicted octanol–water partition coefficient (Wildman–Crippen LogP) is 1.43. The fourth-order valence-electron chi connectivity index (χ4n) is 2.27. The van der Waals surface area contributed by atoms with Gasteiger partial charge in [0.1, 0.15) is 11.6 Å². The number of rotatable bonds is 9. The quantitative estimate of drug-likeness (QED) is 0.717. The zero-order chi connectivity index (χ0) is 18.1. The van der Waals surface area contributed by atoms with Gasteiger partial charge in [0.2, 0.25) is 0 Å². The number of nitrogens with one attached hydrogen (secondary N) is 2. The lowest BCUT2D eigenvalue weighted by atomic mass is 10.1. The van der Waals surface area contributed by atoms with Crippen LogP contribution in [0, 0.1) is 0 Å². The Labute approximate surface area is 148 Å². The number of methoxy groups -OCH3 is 1. The van der Waals surface area contributed by atoms with Crippen LogP contribution in [-0.4, -0.2) is 61.8 Å². The van der Waals surface area contributed by atoms with E-state index in [-0.39, 0.29) is 5.91 Å². The van der Waals surface area contributed by atoms with Crippen molar-refractivity contribution < 1.29 is 9.53 Å². The minimum atomic E-state index is -0.234. The molecule has 1 amide bonds. The molecule has 0 radical (unpaired) electrons. The average Bonchev–Trinajstić information content (AvgIpc) is 2.62. The molecule has 2 rings (SSSR count). The zero-order valence-electron chi connectivity index (χ0n) is 15.0. The van der Waals surface area contributed by atoms with Crippen molar-refractivity contribution in [1.82, 2.24) is 20.4 Å². The summed E-state index contributed by atoms with van der Waals surface area (Å²) in [4.78, 5) is 14.2. The van der Waals surface area contributed by atoms with E-state index in [1.165, 1.54) is 0 Å². The second-order valence-corrected chi connectivity index (χ2v) is 5.85. The van der Waals surface area contributed by atoms with Gasteiger partial charge in [-0.25, -0.2) is 0 Å². The van der Waals surface area contributed by atoms with Crippen molar-refractivity contribution in [2.24, 2.45) is 0 Å². The predicted molar refractivity (Wildman–Crippen MR) is 98.1 cm³/mol. The van der Waals surface area contributed by atoms with Crippen LogP contribution < -0.4 is 15.4 Å². The number of aromatic nitrogens is 2. The molecule has 0 spiro atoms. The van der Waals surface area contributed by atoms with Gasteiger partial charge in [0.15, 0.2) is 5.69 Å². The minimum Gasteiger partial charge on any atom is -0.496 e. The second-order valence-electron chi connectivity index (χ2n) is 5.85. The topological polar surface area (TPSA) is 79.4 Å². The molecule has 2 aromatic rings. The molecule has 2 N–H and O–H groups in total. The van der Waals surface area contributed by atoms with Crippen molar-refractivity contribution in [3.05, 3.63) is 47.7 Å². The molecule has 1 heterocycles. The first kappa shape index (κ1) is 18.7. The Balaban J connectivity index is 1.80. The van der Waals surface area contributed by atoms with E-state index in [1.807, 2.05) is 38.4 Å². The molecular weight excluding hydrogens is 318 g/mol. The first-order valence-corrected chi connectivity index (χ1v) is 8.22. The number of ether oxygens (including phenoxy) is 1. The van der Waals surface area contributed by atoms with E-state index in [4.69, 9.17) is 4.74 Å². The van der Waals surface area contributed by atoms with Gasteiger partial charge in [-0.05, 0) is 44.3 Å². The Morgan fingerprint density at radius 2 is 1.92 bits per heavy atom. The molecule has 134 valence electrons. The van der Waals surface area contributed by atoms with Gasteiger partial charge >= 0.3 is 0 Å². The summed E-state index contributed by atoms with van der Waals surface area (Å²) in [5.41, 5.74) is 1.36. The lowest BCUT2D eigenvalue weighted by molar-refractivity contribution is 0.0948. The number of carbonyl (C=O) groups is 1. The molecule has 0 aliphatic rings. The third-order valence-electron chi connectivity index (χ3n) is 3.63. The number of anilines is 1. The summed E-state index contributed by atoms with van der Waals surface area (Å²) in [5.74, 6) is 1.25. The molecule has 1 aromatic carbocycles. The summed E-state index contributed by atoms with van der Waals surface area (Å²) in [7, 11) is 5.65. The fraction of sp³-hybridized carbons (Fsp3) is 0.389. The molecule has 7 nitrogen and oxygen atoms in total. The Morgan fingerprint density at radius 1 is 1.12 bits per heavy atom. The van der Waals surface area contributed by atoms with Crippen molar-refractivity contribution in [3.63, 3.8) is 0 Å². The number of likely N-dealkylation sites (N-methyl/N-ethyl adjacent to an activating group) is 1. The van der Waals surface area contributed by atoms with Gasteiger partial charge in [0.05, 0.1) is 7.11 Å². The monoisotopic (exact) mass is 343 g/mol. The van der Waals surface area contributed by atoms with Gasteiger partial charge in [-0.2, -0.15) is 0 Å². The summed E-state index contributed by atoms with van der Waals surface area (Å²) in [6.07, 6.45) is 0.688. The van der Waals surface area contributed by atoms with Crippen LogP contribution in [0.2, 0.25) is 0 Å². The Kier molecular flexibility index (Phi) is 7.16. The van der Waals surface area contributed by atoms with E-state index in [1.54, 1.807) is 19.2 Å². The molecular formula is C18H25N5O2. The van der Waals surface area contributed by atoms with Gasteiger partial charge in [0, 0.05) is 19.6 Å². The highest BCUT2D eigenvalue weighted by Crippen LogP contribution is 2.17. The molecule has 0 saturated heterocycles. The van der Waals surface area contributed by atoms with Crippen molar-refractivity contribution in [1.29, 1.82) is 0 Å². The van der Waals surface area contributed by atoms with E-state index in [0.29, 0.717) is 24.5 Å². The van der Waals surface area contributed by atoms with Gasteiger partial charge in [-0.15, -0.1) is 10.2 Å². The summed E-state index contributed by atoms with van der Waals surface area (Å²) in [6, 6.07) is 11.2. The van der Waals surface area contributed by atoms with E-state index >= 15 is 0 Å². The fourth-order valence-corrected chi connectivity index (χ4v) is 2.27. The maximum Gasteiger partial charge on any atom is 0.271 e. The normalized spacial score (nSPS) is 10.6. The summed E-state index contributed by atoms with van der Waals surface area (Å²) in [5, 5.41) is 14.0. The molecule has 0 unspecified atom stereocenters. The first-order chi connectivity index (χ1) is 12.1. The Hall–Kier alpha value is -2.67. The lowest BCUT2D eigenvalue weighted by Gasteiger charge is -2.10. The van der Waals surface area contributed by atoms with Crippen LogP contribution in [-0.2, 0) is 6.42 Å². The van der Waals surface area contributed by atoms with Crippen LogP contribution in [0.4, 0.5) is 5.82 Å². The summed E-state index contributed by atoms with van der Waals surface area (Å²) in [6.45, 7) is 2.17. The van der Waals surface area contributed by atoms with E-state index in [0.717, 1.165) is 24.4 Å². The van der Waals surface area contributed by atoms with E-state index in [9.17, 15) is 4.79 Å². The molecule has 0 atom stereocenters. The van der Waals surface area contributed by atoms with Crippen LogP contribution in [0.5, 0.6) is 5.75 Å². The Bertz CT molecular complexity index is 673. The molecule has 0 saturated carbocycles. The smallest absolute Gasteiger partial charge is 0.271 e. The highest BCUT2D eigenvalue weighted by molar-refractivity contribution is 5.92. The van der Waals surface area contributed by atoms with Crippen LogP contribution in [0.3, 0.4) is 0 Å². The van der Waals surface area contributed by atoms with E-state index < -0.39 is 0 Å². The van der Waals surface area contributed by atoms with Gasteiger partial charge in [-0.3, -0.25) is 4.79 Å². The minimum absolute atomic E-state index is 0.234. The molecule has 0 fully saturated rings. The first-order valence-electron chi connectivity index (χ1n) is 8.22.